The van der Waals surface area contributed by atoms with Crippen molar-refractivity contribution in [2.24, 2.45) is 17.8 Å². The molecule has 0 bridgehead atoms. The molecule has 0 heterocycles. The average molecular weight is 278 g/mol. The van der Waals surface area contributed by atoms with Gasteiger partial charge in [0, 0.05) is 12.3 Å². The van der Waals surface area contributed by atoms with Crippen LogP contribution in [0.5, 0.6) is 0 Å². The lowest BCUT2D eigenvalue weighted by molar-refractivity contribution is -0.161. The van der Waals surface area contributed by atoms with Crippen molar-refractivity contribution in [3.05, 3.63) is 11.1 Å². The zero-order chi connectivity index (χ0) is 14.9. The predicted octanol–water partition coefficient (Wildman–Crippen LogP) is 4.88. The molecule has 0 unspecified atom stereocenters. The Kier molecular flexibility index (Phi) is 4.61. The first kappa shape index (κ1) is 15.6. The molecule has 0 aromatic carbocycles. The van der Waals surface area contributed by atoms with Crippen molar-refractivity contribution in [2.75, 3.05) is 0 Å². The van der Waals surface area contributed by atoms with Gasteiger partial charge in [-0.3, -0.25) is 4.79 Å². The van der Waals surface area contributed by atoms with Crippen LogP contribution < -0.4 is 0 Å². The fourth-order valence-electron chi connectivity index (χ4n) is 3.95. The molecule has 0 N–H and O–H groups in total. The Morgan fingerprint density at radius 2 is 1.80 bits per heavy atom. The summed E-state index contributed by atoms with van der Waals surface area (Å²) in [5.41, 5.74) is 3.07. The van der Waals surface area contributed by atoms with E-state index in [0.29, 0.717) is 12.3 Å². The van der Waals surface area contributed by atoms with Crippen LogP contribution in [0.15, 0.2) is 11.1 Å². The molecule has 0 aromatic rings. The third-order valence-corrected chi connectivity index (χ3v) is 5.51. The van der Waals surface area contributed by atoms with E-state index in [4.69, 9.17) is 4.74 Å². The van der Waals surface area contributed by atoms with Crippen molar-refractivity contribution in [3.63, 3.8) is 0 Å². The van der Waals surface area contributed by atoms with Gasteiger partial charge in [-0.1, -0.05) is 31.9 Å². The highest BCUT2D eigenvalue weighted by molar-refractivity contribution is 5.69. The molecule has 20 heavy (non-hydrogen) atoms. The van der Waals surface area contributed by atoms with Gasteiger partial charge in [-0.2, -0.15) is 0 Å². The molecular formula is C18H30O2. The minimum absolute atomic E-state index is 0.0685. The molecule has 2 aliphatic rings. The first-order valence-electron chi connectivity index (χ1n) is 8.28. The molecule has 2 heteroatoms. The Hall–Kier alpha value is -0.790. The maximum atomic E-state index is 11.7. The standard InChI is InChI=1S/C18H30O2/c1-6-17(19)20-18(4,5)14-9-7-12(2)15-10-8-13(3)16(15)11-14/h12-14H,6-11H2,1-5H3/t12-,13-,14+/m0/s1. The van der Waals surface area contributed by atoms with E-state index in [1.165, 1.54) is 25.7 Å². The zero-order valence-corrected chi connectivity index (χ0v) is 13.8. The van der Waals surface area contributed by atoms with Crippen LogP contribution in [0.3, 0.4) is 0 Å². The number of hydrogen-bond acceptors (Lipinski definition) is 2. The third-order valence-electron chi connectivity index (χ3n) is 5.51. The largest absolute Gasteiger partial charge is 0.459 e. The van der Waals surface area contributed by atoms with Crippen LogP contribution in [-0.4, -0.2) is 11.6 Å². The van der Waals surface area contributed by atoms with Gasteiger partial charge in [-0.15, -0.1) is 0 Å². The van der Waals surface area contributed by atoms with Crippen molar-refractivity contribution < 1.29 is 9.53 Å². The van der Waals surface area contributed by atoms with Crippen LogP contribution in [0.2, 0.25) is 0 Å². The Balaban J connectivity index is 2.16. The molecule has 0 saturated carbocycles. The summed E-state index contributed by atoms with van der Waals surface area (Å²) in [5.74, 6) is 1.85. The fraction of sp³-hybridized carbons (Fsp3) is 0.833. The first-order valence-corrected chi connectivity index (χ1v) is 8.28. The molecule has 3 atom stereocenters. The second-order valence-electron chi connectivity index (χ2n) is 7.30. The number of allylic oxidation sites excluding steroid dienone is 2. The summed E-state index contributed by atoms with van der Waals surface area (Å²) in [6, 6.07) is 0. The number of esters is 1. The van der Waals surface area contributed by atoms with E-state index < -0.39 is 0 Å². The lowest BCUT2D eigenvalue weighted by Gasteiger charge is -2.34. The molecule has 114 valence electrons. The molecule has 0 amide bonds. The van der Waals surface area contributed by atoms with E-state index in [0.717, 1.165) is 18.3 Å². The normalized spacial score (nSPS) is 30.9. The number of rotatable bonds is 3. The monoisotopic (exact) mass is 278 g/mol. The van der Waals surface area contributed by atoms with Crippen LogP contribution in [0.1, 0.15) is 73.1 Å². The van der Waals surface area contributed by atoms with Gasteiger partial charge in [0.1, 0.15) is 5.60 Å². The Morgan fingerprint density at radius 1 is 1.15 bits per heavy atom. The molecule has 2 rings (SSSR count). The zero-order valence-electron chi connectivity index (χ0n) is 13.8. The van der Waals surface area contributed by atoms with Crippen molar-refractivity contribution in [1.29, 1.82) is 0 Å². The van der Waals surface area contributed by atoms with E-state index in [1.807, 2.05) is 6.92 Å². The fourth-order valence-corrected chi connectivity index (χ4v) is 3.95. The minimum atomic E-state index is -0.336. The van der Waals surface area contributed by atoms with E-state index in [1.54, 1.807) is 11.1 Å². The summed E-state index contributed by atoms with van der Waals surface area (Å²) in [7, 11) is 0. The molecule has 0 fully saturated rings. The molecular weight excluding hydrogens is 248 g/mol. The highest BCUT2D eigenvalue weighted by Crippen LogP contribution is 2.46. The summed E-state index contributed by atoms with van der Waals surface area (Å²) >= 11 is 0. The Labute approximate surface area is 124 Å². The lowest BCUT2D eigenvalue weighted by atomic mass is 9.81. The summed E-state index contributed by atoms with van der Waals surface area (Å²) in [4.78, 5) is 11.7. The summed E-state index contributed by atoms with van der Waals surface area (Å²) in [6.07, 6.45) is 6.62. The minimum Gasteiger partial charge on any atom is -0.459 e. The van der Waals surface area contributed by atoms with Gasteiger partial charge >= 0.3 is 5.97 Å². The van der Waals surface area contributed by atoms with Crippen molar-refractivity contribution in [2.45, 2.75) is 78.7 Å². The van der Waals surface area contributed by atoms with E-state index in [2.05, 4.69) is 27.7 Å². The average Bonchev–Trinajstić information content (AvgIpc) is 2.64. The third kappa shape index (κ3) is 3.10. The highest BCUT2D eigenvalue weighted by Gasteiger charge is 2.38. The van der Waals surface area contributed by atoms with Crippen molar-refractivity contribution >= 4 is 5.97 Å². The highest BCUT2D eigenvalue weighted by atomic mass is 16.6. The summed E-state index contributed by atoms with van der Waals surface area (Å²) < 4.78 is 5.74. The van der Waals surface area contributed by atoms with E-state index >= 15 is 0 Å². The van der Waals surface area contributed by atoms with Crippen LogP contribution in [0, 0.1) is 17.8 Å². The second kappa shape index (κ2) is 5.91. The number of carbonyl (C=O) groups excluding carboxylic acids is 1. The SMILES string of the molecule is CCC(=O)OC(C)(C)[C@@H]1CC[C@H](C)C2=C(C1)[C@@H](C)CC2. The van der Waals surface area contributed by atoms with Crippen molar-refractivity contribution in [3.8, 4) is 0 Å². The predicted molar refractivity (Wildman–Crippen MR) is 82.4 cm³/mol. The number of carbonyl (C=O) groups is 1. The lowest BCUT2D eigenvalue weighted by Crippen LogP contribution is -2.37. The quantitative estimate of drug-likeness (QED) is 0.543. The van der Waals surface area contributed by atoms with Gasteiger partial charge in [0.25, 0.3) is 0 Å². The Morgan fingerprint density at radius 3 is 2.45 bits per heavy atom. The smallest absolute Gasteiger partial charge is 0.306 e. The van der Waals surface area contributed by atoms with Crippen LogP contribution in [-0.2, 0) is 9.53 Å². The summed E-state index contributed by atoms with van der Waals surface area (Å²) in [6.45, 7) is 10.8. The Bertz CT molecular complexity index is 406. The molecule has 0 aromatic heterocycles. The van der Waals surface area contributed by atoms with Crippen LogP contribution >= 0.6 is 0 Å². The van der Waals surface area contributed by atoms with E-state index in [-0.39, 0.29) is 11.6 Å². The number of hydrogen-bond donors (Lipinski definition) is 0. The van der Waals surface area contributed by atoms with Crippen LogP contribution in [0.25, 0.3) is 0 Å². The molecule has 0 aliphatic heterocycles. The molecule has 0 radical (unpaired) electrons. The maximum absolute atomic E-state index is 11.7. The summed E-state index contributed by atoms with van der Waals surface area (Å²) in [5, 5.41) is 0. The van der Waals surface area contributed by atoms with Gasteiger partial charge in [-0.25, -0.2) is 0 Å². The van der Waals surface area contributed by atoms with Gasteiger partial charge in [-0.05, 0) is 57.8 Å². The van der Waals surface area contributed by atoms with Gasteiger partial charge in [0.05, 0.1) is 0 Å². The van der Waals surface area contributed by atoms with Crippen molar-refractivity contribution in [1.82, 2.24) is 0 Å². The van der Waals surface area contributed by atoms with E-state index in [9.17, 15) is 4.79 Å². The molecule has 0 spiro atoms. The van der Waals surface area contributed by atoms with Crippen LogP contribution in [0.4, 0.5) is 0 Å². The topological polar surface area (TPSA) is 26.3 Å². The second-order valence-corrected chi connectivity index (χ2v) is 7.30. The van der Waals surface area contributed by atoms with Gasteiger partial charge in [0.2, 0.25) is 0 Å². The molecule has 2 aliphatic carbocycles. The first-order chi connectivity index (χ1) is 9.35. The number of ether oxygens (including phenoxy) is 1. The molecule has 2 nitrogen and oxygen atoms in total. The molecule has 0 saturated heterocycles. The van der Waals surface area contributed by atoms with Gasteiger partial charge in [0.15, 0.2) is 0 Å². The maximum Gasteiger partial charge on any atom is 0.306 e. The van der Waals surface area contributed by atoms with Gasteiger partial charge < -0.3 is 4.74 Å².